The predicted molar refractivity (Wildman–Crippen MR) is 434 cm³/mol. The van der Waals surface area contributed by atoms with Crippen molar-refractivity contribution in [2.75, 3.05) is 0 Å². The highest BCUT2D eigenvalue weighted by Gasteiger charge is 2.24. The molecule has 4 nitrogen and oxygen atoms in total. The van der Waals surface area contributed by atoms with Crippen LogP contribution in [-0.2, 0) is 0 Å². The highest BCUT2D eigenvalue weighted by Crippen LogP contribution is 2.47. The summed E-state index contributed by atoms with van der Waals surface area (Å²) in [4.78, 5) is 0. The summed E-state index contributed by atoms with van der Waals surface area (Å²) in [6.45, 7) is 0. The fourth-order valence-electron chi connectivity index (χ4n) is 15.5. The van der Waals surface area contributed by atoms with Crippen LogP contribution in [0.15, 0.2) is 377 Å². The lowest BCUT2D eigenvalue weighted by atomic mass is 9.72. The minimum absolute atomic E-state index is 0.551. The van der Waals surface area contributed by atoms with Gasteiger partial charge in [0.25, 0.3) is 0 Å². The molecule has 2 aromatic heterocycles. The lowest BCUT2D eigenvalue weighted by Gasteiger charge is -2.19. The summed E-state index contributed by atoms with van der Waals surface area (Å²) < 4.78 is 13.1. The first-order valence-electron chi connectivity index (χ1n) is 34.4. The van der Waals surface area contributed by atoms with Gasteiger partial charge in [-0.3, -0.25) is 0 Å². The highest BCUT2D eigenvalue weighted by atomic mass is 79.9. The lowest BCUT2D eigenvalue weighted by Crippen LogP contribution is -2.31. The molecular formula is C96H62BBrO4. The van der Waals surface area contributed by atoms with E-state index in [-0.39, 0.29) is 0 Å². The van der Waals surface area contributed by atoms with Crippen molar-refractivity contribution in [2.24, 2.45) is 0 Å². The van der Waals surface area contributed by atoms with Crippen molar-refractivity contribution in [3.05, 3.63) is 368 Å². The van der Waals surface area contributed by atoms with Gasteiger partial charge in [0.1, 0.15) is 22.3 Å². The number of furan rings is 2. The Hall–Kier alpha value is -12.4. The Kier molecular flexibility index (Phi) is 16.0. The third-order valence-corrected chi connectivity index (χ3v) is 20.6. The molecule has 0 aliphatic rings. The van der Waals surface area contributed by atoms with Crippen LogP contribution in [0.25, 0.3) is 186 Å². The molecule has 20 rings (SSSR count). The summed E-state index contributed by atoms with van der Waals surface area (Å²) in [7, 11) is -1.55. The molecule has 0 fully saturated rings. The third kappa shape index (κ3) is 11.3. The van der Waals surface area contributed by atoms with E-state index in [1.807, 2.05) is 78.9 Å². The second kappa shape index (κ2) is 26.4. The van der Waals surface area contributed by atoms with Crippen molar-refractivity contribution in [1.29, 1.82) is 0 Å². The number of benzene rings is 18. The van der Waals surface area contributed by atoms with Gasteiger partial charge in [0.2, 0.25) is 0 Å². The van der Waals surface area contributed by atoms with Crippen LogP contribution in [0.2, 0.25) is 0 Å². The molecule has 20 aromatic rings. The lowest BCUT2D eigenvalue weighted by molar-refractivity contribution is 0.426. The Labute approximate surface area is 598 Å². The molecule has 6 heteroatoms. The predicted octanol–water partition coefficient (Wildman–Crippen LogP) is 25.9. The first kappa shape index (κ1) is 61.9. The molecule has 2 heterocycles. The highest BCUT2D eigenvalue weighted by molar-refractivity contribution is 9.10. The van der Waals surface area contributed by atoms with Gasteiger partial charge in [-0.25, -0.2) is 0 Å². The molecule has 0 unspecified atom stereocenters. The van der Waals surface area contributed by atoms with Crippen molar-refractivity contribution < 1.29 is 18.9 Å². The van der Waals surface area contributed by atoms with Crippen molar-refractivity contribution in [3.63, 3.8) is 0 Å². The topological polar surface area (TPSA) is 66.7 Å². The zero-order valence-electron chi connectivity index (χ0n) is 55.3. The molecule has 18 aromatic carbocycles. The van der Waals surface area contributed by atoms with Crippen molar-refractivity contribution in [3.8, 4) is 77.9 Å². The quantitative estimate of drug-likeness (QED) is 0.118. The van der Waals surface area contributed by atoms with Crippen molar-refractivity contribution in [1.82, 2.24) is 0 Å². The van der Waals surface area contributed by atoms with E-state index in [1.54, 1.807) is 0 Å². The van der Waals surface area contributed by atoms with Crippen LogP contribution in [0.3, 0.4) is 0 Å². The van der Waals surface area contributed by atoms with Gasteiger partial charge in [-0.05, 0) is 215 Å². The Morgan fingerprint density at radius 1 is 0.206 bits per heavy atom. The van der Waals surface area contributed by atoms with Crippen LogP contribution in [0.1, 0.15) is 0 Å². The smallest absolute Gasteiger partial charge is 0.456 e. The number of hydrogen-bond acceptors (Lipinski definition) is 4. The fraction of sp³-hybridized carbons (Fsp3) is 0. The SMILES string of the molecule is Brc1cccc(-c2ccc3oc4ccccc4c3c2)c1.OB(O)c1c2ccccc2c(-c2cccc(-c3cccc4ccccc34)c2)c2ccccc12.c1cc(-c2ccc3oc4ccccc4c3c2)cc(-c2c3ccccc3c(-c3cccc(-c4cccc5ccccc45)c3)c3ccccc23)c1. The van der Waals surface area contributed by atoms with Gasteiger partial charge in [0.15, 0.2) is 0 Å². The number of hydrogen-bond donors (Lipinski definition) is 2. The molecule has 480 valence electrons. The maximum absolute atomic E-state index is 10.2. The molecule has 0 saturated heterocycles. The molecule has 0 bridgehead atoms. The van der Waals surface area contributed by atoms with Crippen molar-refractivity contribution >= 4 is 137 Å². The second-order valence-corrected chi connectivity index (χ2v) is 26.9. The maximum Gasteiger partial charge on any atom is 0.489 e. The maximum atomic E-state index is 10.2. The van der Waals surface area contributed by atoms with Gasteiger partial charge in [-0.15, -0.1) is 0 Å². The standard InChI is InChI=1S/C48H30O.C30H21BO2.C18H11BrO/c1-2-18-37-31(12-1)13-11-24-38(37)34-15-10-17-36(29-34)48-42-22-5-3-20-40(42)47(41-21-4-6-23-43(41)48)35-16-9-14-32(28-35)33-26-27-46-44(30-33)39-19-7-8-25-45(39)49-46;32-31(33)30-27-16-5-3-14-25(27)29(26-15-4-6-17-28(26)30)22-12-7-11-21(19-22)24-18-8-10-20-9-1-2-13-23(20)24;19-14-5-3-4-12(10-14)13-8-9-18-16(11-13)15-6-1-2-7-17(15)20-18/h1-30H;1-19,32-33H;1-11H. The zero-order valence-corrected chi connectivity index (χ0v) is 56.9. The van der Waals surface area contributed by atoms with E-state index in [2.05, 4.69) is 301 Å². The molecule has 0 aliphatic heterocycles. The fourth-order valence-corrected chi connectivity index (χ4v) is 15.9. The summed E-state index contributed by atoms with van der Waals surface area (Å²) >= 11 is 3.52. The molecule has 0 aliphatic carbocycles. The van der Waals surface area contributed by atoms with Gasteiger partial charge in [-0.2, -0.15) is 0 Å². The largest absolute Gasteiger partial charge is 0.489 e. The molecule has 0 saturated carbocycles. The average Bonchev–Trinajstić information content (AvgIpc) is 0.917. The Bertz CT molecular complexity index is 6540. The first-order valence-corrected chi connectivity index (χ1v) is 35.2. The first-order chi connectivity index (χ1) is 50.3. The van der Waals surface area contributed by atoms with Gasteiger partial charge < -0.3 is 18.9 Å². The summed E-state index contributed by atoms with van der Waals surface area (Å²) in [5.41, 5.74) is 21.0. The van der Waals surface area contributed by atoms with Gasteiger partial charge in [-0.1, -0.05) is 313 Å². The molecule has 0 radical (unpaired) electrons. The third-order valence-electron chi connectivity index (χ3n) is 20.1. The molecule has 0 amide bonds. The number of halogens is 1. The van der Waals surface area contributed by atoms with E-state index in [1.165, 1.54) is 110 Å². The molecular weight excluding hydrogens is 1310 g/mol. The van der Waals surface area contributed by atoms with Gasteiger partial charge >= 0.3 is 7.12 Å². The van der Waals surface area contributed by atoms with Crippen LogP contribution in [0.4, 0.5) is 0 Å². The molecule has 102 heavy (non-hydrogen) atoms. The van der Waals surface area contributed by atoms with Crippen LogP contribution < -0.4 is 5.46 Å². The number of fused-ring (bicyclic) bond motifs is 12. The van der Waals surface area contributed by atoms with Gasteiger partial charge in [0.05, 0.1) is 0 Å². The summed E-state index contributed by atoms with van der Waals surface area (Å²) in [6, 6.07) is 128. The van der Waals surface area contributed by atoms with Crippen molar-refractivity contribution in [2.45, 2.75) is 0 Å². The molecule has 0 spiro atoms. The van der Waals surface area contributed by atoms with Crippen LogP contribution in [0.5, 0.6) is 0 Å². The zero-order chi connectivity index (χ0) is 68.2. The van der Waals surface area contributed by atoms with E-state index in [4.69, 9.17) is 8.83 Å². The minimum Gasteiger partial charge on any atom is -0.456 e. The number of para-hydroxylation sites is 2. The summed E-state index contributed by atoms with van der Waals surface area (Å²) in [5.74, 6) is 0. The van der Waals surface area contributed by atoms with Crippen LogP contribution in [-0.4, -0.2) is 17.2 Å². The Morgan fingerprint density at radius 2 is 0.490 bits per heavy atom. The van der Waals surface area contributed by atoms with E-state index < -0.39 is 7.12 Å². The second-order valence-electron chi connectivity index (χ2n) is 26.0. The Balaban J connectivity index is 0.000000121. The molecule has 0 atom stereocenters. The van der Waals surface area contributed by atoms with E-state index in [0.717, 1.165) is 81.2 Å². The van der Waals surface area contributed by atoms with E-state index in [9.17, 15) is 10.0 Å². The average molecular weight is 1370 g/mol. The Morgan fingerprint density at radius 3 is 0.902 bits per heavy atom. The van der Waals surface area contributed by atoms with Crippen LogP contribution >= 0.6 is 15.9 Å². The minimum atomic E-state index is -1.55. The number of rotatable bonds is 8. The van der Waals surface area contributed by atoms with E-state index >= 15 is 0 Å². The monoisotopic (exact) mass is 1370 g/mol. The van der Waals surface area contributed by atoms with E-state index in [0.29, 0.717) is 5.46 Å². The summed E-state index contributed by atoms with van der Waals surface area (Å²) in [6.07, 6.45) is 0. The van der Waals surface area contributed by atoms with Crippen LogP contribution in [0, 0.1) is 0 Å². The molecule has 2 N–H and O–H groups in total. The summed E-state index contributed by atoms with van der Waals surface area (Å²) in [5, 5.41) is 38.8. The normalized spacial score (nSPS) is 11.5. The van der Waals surface area contributed by atoms with Gasteiger partial charge in [0, 0.05) is 26.0 Å².